The molecular formula is C16H19N3O2S. The van der Waals surface area contributed by atoms with Gasteiger partial charge in [-0.05, 0) is 17.7 Å². The molecule has 0 aliphatic carbocycles. The van der Waals surface area contributed by atoms with E-state index in [0.717, 1.165) is 42.4 Å². The van der Waals surface area contributed by atoms with Crippen LogP contribution in [0, 0.1) is 0 Å². The van der Waals surface area contributed by atoms with E-state index in [9.17, 15) is 4.79 Å². The molecular weight excluding hydrogens is 298 g/mol. The van der Waals surface area contributed by atoms with Crippen molar-refractivity contribution in [2.45, 2.75) is 6.61 Å². The molecule has 0 radical (unpaired) electrons. The van der Waals surface area contributed by atoms with Gasteiger partial charge in [-0.25, -0.2) is 4.98 Å². The molecule has 2 heterocycles. The summed E-state index contributed by atoms with van der Waals surface area (Å²) in [6.45, 7) is 3.65. The van der Waals surface area contributed by atoms with Crippen molar-refractivity contribution in [1.82, 2.24) is 9.88 Å². The maximum absolute atomic E-state index is 12.6. The molecule has 6 heteroatoms. The standard InChI is InChI=1S/C16H19N3O2S/c1-21-12-13-3-2-4-14(11-13)15(20)18-6-8-19(9-7-18)16-17-5-10-22-16/h2-5,10-11H,6-9,12H2,1H3. The smallest absolute Gasteiger partial charge is 0.253 e. The van der Waals surface area contributed by atoms with Gasteiger partial charge in [0.05, 0.1) is 6.61 Å². The summed E-state index contributed by atoms with van der Waals surface area (Å²) in [5.41, 5.74) is 1.76. The van der Waals surface area contributed by atoms with Gasteiger partial charge in [0.25, 0.3) is 5.91 Å². The quantitative estimate of drug-likeness (QED) is 0.868. The Balaban J connectivity index is 1.63. The van der Waals surface area contributed by atoms with E-state index in [2.05, 4.69) is 9.88 Å². The first-order chi connectivity index (χ1) is 10.8. The van der Waals surface area contributed by atoms with Crippen LogP contribution in [0.3, 0.4) is 0 Å². The Morgan fingerprint density at radius 3 is 2.82 bits per heavy atom. The third kappa shape index (κ3) is 3.28. The second-order valence-electron chi connectivity index (χ2n) is 5.23. The fourth-order valence-corrected chi connectivity index (χ4v) is 3.31. The first-order valence-corrected chi connectivity index (χ1v) is 8.17. The fraction of sp³-hybridized carbons (Fsp3) is 0.375. The predicted molar refractivity (Wildman–Crippen MR) is 87.4 cm³/mol. The molecule has 0 saturated carbocycles. The number of rotatable bonds is 4. The molecule has 5 nitrogen and oxygen atoms in total. The highest BCUT2D eigenvalue weighted by Gasteiger charge is 2.23. The molecule has 22 heavy (non-hydrogen) atoms. The monoisotopic (exact) mass is 317 g/mol. The van der Waals surface area contributed by atoms with Gasteiger partial charge in [0.15, 0.2) is 5.13 Å². The van der Waals surface area contributed by atoms with Crippen molar-refractivity contribution in [2.75, 3.05) is 38.2 Å². The van der Waals surface area contributed by atoms with Crippen molar-refractivity contribution in [2.24, 2.45) is 0 Å². The highest BCUT2D eigenvalue weighted by atomic mass is 32.1. The maximum Gasteiger partial charge on any atom is 0.253 e. The fourth-order valence-electron chi connectivity index (χ4n) is 2.62. The number of amides is 1. The van der Waals surface area contributed by atoms with Gasteiger partial charge in [0.2, 0.25) is 0 Å². The summed E-state index contributed by atoms with van der Waals surface area (Å²) in [7, 11) is 1.66. The molecule has 1 amide bonds. The van der Waals surface area contributed by atoms with Crippen molar-refractivity contribution in [1.29, 1.82) is 0 Å². The number of thiazole rings is 1. The van der Waals surface area contributed by atoms with Crippen LogP contribution in [0.4, 0.5) is 5.13 Å². The van der Waals surface area contributed by atoms with E-state index in [4.69, 9.17) is 4.74 Å². The Bertz CT molecular complexity index is 622. The first kappa shape index (κ1) is 15.0. The van der Waals surface area contributed by atoms with E-state index in [-0.39, 0.29) is 5.91 Å². The van der Waals surface area contributed by atoms with Crippen LogP contribution in [0.1, 0.15) is 15.9 Å². The minimum Gasteiger partial charge on any atom is -0.380 e. The normalized spacial score (nSPS) is 15.1. The van der Waals surface area contributed by atoms with Gasteiger partial charge in [-0.1, -0.05) is 12.1 Å². The van der Waals surface area contributed by atoms with Crippen LogP contribution in [-0.4, -0.2) is 49.1 Å². The van der Waals surface area contributed by atoms with Crippen LogP contribution in [-0.2, 0) is 11.3 Å². The minimum atomic E-state index is 0.0942. The Morgan fingerprint density at radius 2 is 2.14 bits per heavy atom. The molecule has 2 aromatic rings. The van der Waals surface area contributed by atoms with E-state index in [1.54, 1.807) is 18.4 Å². The van der Waals surface area contributed by atoms with Gasteiger partial charge in [0, 0.05) is 50.4 Å². The zero-order valence-corrected chi connectivity index (χ0v) is 13.4. The highest BCUT2D eigenvalue weighted by Crippen LogP contribution is 2.19. The van der Waals surface area contributed by atoms with Crippen LogP contribution in [0.25, 0.3) is 0 Å². The van der Waals surface area contributed by atoms with Crippen LogP contribution < -0.4 is 4.90 Å². The zero-order chi connectivity index (χ0) is 15.4. The third-order valence-corrected chi connectivity index (χ3v) is 4.57. The summed E-state index contributed by atoms with van der Waals surface area (Å²) in [6, 6.07) is 7.67. The minimum absolute atomic E-state index is 0.0942. The van der Waals surface area contributed by atoms with Gasteiger partial charge in [0.1, 0.15) is 0 Å². The summed E-state index contributed by atoms with van der Waals surface area (Å²) in [6.07, 6.45) is 1.82. The summed E-state index contributed by atoms with van der Waals surface area (Å²) in [4.78, 5) is 21.1. The number of methoxy groups -OCH3 is 1. The van der Waals surface area contributed by atoms with Gasteiger partial charge in [-0.2, -0.15) is 0 Å². The molecule has 1 aromatic heterocycles. The molecule has 3 rings (SSSR count). The Kier molecular flexibility index (Phi) is 4.70. The third-order valence-electron chi connectivity index (χ3n) is 3.74. The Hall–Kier alpha value is -1.92. The van der Waals surface area contributed by atoms with Crippen molar-refractivity contribution in [3.63, 3.8) is 0 Å². The van der Waals surface area contributed by atoms with Crippen molar-refractivity contribution in [3.05, 3.63) is 47.0 Å². The van der Waals surface area contributed by atoms with Gasteiger partial charge in [-0.15, -0.1) is 11.3 Å². The SMILES string of the molecule is COCc1cccc(C(=O)N2CCN(c3nccs3)CC2)c1. The van der Waals surface area contributed by atoms with Gasteiger partial charge < -0.3 is 14.5 Å². The number of benzene rings is 1. The molecule has 1 aromatic carbocycles. The number of aromatic nitrogens is 1. The molecule has 116 valence electrons. The summed E-state index contributed by atoms with van der Waals surface area (Å²) in [5.74, 6) is 0.0942. The first-order valence-electron chi connectivity index (χ1n) is 7.29. The number of piperazine rings is 1. The number of ether oxygens (including phenoxy) is 1. The van der Waals surface area contributed by atoms with E-state index in [1.165, 1.54) is 0 Å². The number of anilines is 1. The molecule has 0 atom stereocenters. The molecule has 1 fully saturated rings. The molecule has 0 spiro atoms. The number of nitrogens with zero attached hydrogens (tertiary/aromatic N) is 3. The second kappa shape index (κ2) is 6.89. The zero-order valence-electron chi connectivity index (χ0n) is 12.6. The number of hydrogen-bond acceptors (Lipinski definition) is 5. The van der Waals surface area contributed by atoms with Crippen LogP contribution in [0.2, 0.25) is 0 Å². The second-order valence-corrected chi connectivity index (χ2v) is 6.10. The summed E-state index contributed by atoms with van der Waals surface area (Å²) < 4.78 is 5.13. The largest absolute Gasteiger partial charge is 0.380 e. The lowest BCUT2D eigenvalue weighted by molar-refractivity contribution is 0.0746. The lowest BCUT2D eigenvalue weighted by atomic mass is 10.1. The summed E-state index contributed by atoms with van der Waals surface area (Å²) >= 11 is 1.64. The van der Waals surface area contributed by atoms with E-state index in [1.807, 2.05) is 40.7 Å². The van der Waals surface area contributed by atoms with Crippen LogP contribution >= 0.6 is 11.3 Å². The Morgan fingerprint density at radius 1 is 1.32 bits per heavy atom. The lowest BCUT2D eigenvalue weighted by Gasteiger charge is -2.34. The van der Waals surface area contributed by atoms with Crippen molar-refractivity contribution >= 4 is 22.4 Å². The maximum atomic E-state index is 12.6. The van der Waals surface area contributed by atoms with Crippen molar-refractivity contribution < 1.29 is 9.53 Å². The van der Waals surface area contributed by atoms with Gasteiger partial charge >= 0.3 is 0 Å². The average Bonchev–Trinajstić information content (AvgIpc) is 3.09. The number of carbonyl (C=O) groups excluding carboxylic acids is 1. The molecule has 0 bridgehead atoms. The predicted octanol–water partition coefficient (Wildman–Crippen LogP) is 2.25. The average molecular weight is 317 g/mol. The number of hydrogen-bond donors (Lipinski definition) is 0. The van der Waals surface area contributed by atoms with E-state index < -0.39 is 0 Å². The number of carbonyl (C=O) groups is 1. The van der Waals surface area contributed by atoms with Crippen molar-refractivity contribution in [3.8, 4) is 0 Å². The highest BCUT2D eigenvalue weighted by molar-refractivity contribution is 7.13. The van der Waals surface area contributed by atoms with E-state index in [0.29, 0.717) is 6.61 Å². The summed E-state index contributed by atoms with van der Waals surface area (Å²) in [5, 5.41) is 3.02. The van der Waals surface area contributed by atoms with E-state index >= 15 is 0 Å². The molecule has 1 aliphatic rings. The topological polar surface area (TPSA) is 45.7 Å². The van der Waals surface area contributed by atoms with Gasteiger partial charge in [-0.3, -0.25) is 4.79 Å². The lowest BCUT2D eigenvalue weighted by Crippen LogP contribution is -2.48. The molecule has 1 aliphatic heterocycles. The Labute approximate surface area is 134 Å². The van der Waals surface area contributed by atoms with Crippen LogP contribution in [0.15, 0.2) is 35.8 Å². The molecule has 1 saturated heterocycles. The molecule has 0 N–H and O–H groups in total. The van der Waals surface area contributed by atoms with Crippen LogP contribution in [0.5, 0.6) is 0 Å². The molecule has 0 unspecified atom stereocenters.